The van der Waals surface area contributed by atoms with E-state index in [1.807, 2.05) is 30.3 Å². The van der Waals surface area contributed by atoms with Crippen molar-refractivity contribution in [2.45, 2.75) is 32.0 Å². The molecule has 0 aliphatic carbocycles. The molecule has 1 atom stereocenters. The van der Waals surface area contributed by atoms with Gasteiger partial charge in [-0.2, -0.15) is 17.0 Å². The monoisotopic (exact) mass is 392 g/mol. The van der Waals surface area contributed by atoms with Gasteiger partial charge in [-0.3, -0.25) is 9.48 Å². The summed E-state index contributed by atoms with van der Waals surface area (Å²) in [4.78, 5) is 12.2. The summed E-state index contributed by atoms with van der Waals surface area (Å²) in [6, 6.07) is 9.40. The molecule has 1 fully saturated rings. The van der Waals surface area contributed by atoms with Gasteiger partial charge in [0.15, 0.2) is 5.69 Å². The van der Waals surface area contributed by atoms with Gasteiger partial charge in [0.05, 0.1) is 12.7 Å². The molecule has 0 unspecified atom stereocenters. The lowest BCUT2D eigenvalue weighted by Gasteiger charge is -2.26. The average Bonchev–Trinajstić information content (AvgIpc) is 3.31. The maximum atomic E-state index is 12.4. The van der Waals surface area contributed by atoms with Gasteiger partial charge in [0, 0.05) is 33.2 Å². The van der Waals surface area contributed by atoms with E-state index in [4.69, 9.17) is 0 Å². The van der Waals surface area contributed by atoms with Gasteiger partial charge in [0.1, 0.15) is 0 Å². The quantitative estimate of drug-likeness (QED) is 0.739. The van der Waals surface area contributed by atoms with Gasteiger partial charge in [-0.05, 0) is 18.4 Å². The summed E-state index contributed by atoms with van der Waals surface area (Å²) in [5.41, 5.74) is 1.21. The molecule has 0 saturated carbocycles. The second-order valence-electron chi connectivity index (χ2n) is 6.69. The van der Waals surface area contributed by atoms with E-state index in [2.05, 4.69) is 15.6 Å². The summed E-state index contributed by atoms with van der Waals surface area (Å²) in [7, 11) is -0.422. The van der Waals surface area contributed by atoms with Crippen molar-refractivity contribution >= 4 is 16.1 Å². The topological polar surface area (TPSA) is 100 Å². The molecule has 1 amide bonds. The number of carbonyl (C=O) groups is 1. The molecule has 1 aromatic carbocycles. The van der Waals surface area contributed by atoms with E-state index in [0.717, 1.165) is 18.4 Å². The summed E-state index contributed by atoms with van der Waals surface area (Å²) in [6.07, 6.45) is 3.11. The Kier molecular flexibility index (Phi) is 5.88. The maximum Gasteiger partial charge on any atom is 0.281 e. The van der Waals surface area contributed by atoms with Gasteiger partial charge in [-0.1, -0.05) is 35.5 Å². The molecule has 3 rings (SSSR count). The van der Waals surface area contributed by atoms with Gasteiger partial charge in [0.25, 0.3) is 16.1 Å². The zero-order valence-corrected chi connectivity index (χ0v) is 16.3. The Bertz CT molecular complexity index is 881. The van der Waals surface area contributed by atoms with E-state index >= 15 is 0 Å². The van der Waals surface area contributed by atoms with E-state index in [0.29, 0.717) is 19.6 Å². The lowest BCUT2D eigenvalue weighted by atomic mass is 10.2. The minimum absolute atomic E-state index is 0.195. The highest BCUT2D eigenvalue weighted by atomic mass is 32.2. The number of nitrogens with one attached hydrogen (secondary N) is 1. The molecule has 146 valence electrons. The first-order chi connectivity index (χ1) is 12.9. The van der Waals surface area contributed by atoms with Crippen LogP contribution in [-0.4, -0.2) is 64.6 Å². The van der Waals surface area contributed by atoms with Gasteiger partial charge in [-0.15, -0.1) is 5.10 Å². The first-order valence-electron chi connectivity index (χ1n) is 8.79. The number of hydrogen-bond donors (Lipinski definition) is 1. The Hall–Kier alpha value is -2.30. The van der Waals surface area contributed by atoms with Gasteiger partial charge in [-0.25, -0.2) is 0 Å². The first kappa shape index (κ1) is 19.5. The second-order valence-corrected chi connectivity index (χ2v) is 8.79. The predicted molar refractivity (Wildman–Crippen MR) is 100.0 cm³/mol. The third-order valence-corrected chi connectivity index (χ3v) is 6.54. The number of carbonyl (C=O) groups excluding carboxylic acids is 1. The van der Waals surface area contributed by atoms with Gasteiger partial charge < -0.3 is 5.32 Å². The molecular formula is C17H24N6O3S. The molecule has 0 bridgehead atoms. The van der Waals surface area contributed by atoms with Crippen LogP contribution in [0, 0.1) is 0 Å². The van der Waals surface area contributed by atoms with Crippen LogP contribution in [0.15, 0.2) is 36.5 Å². The fraction of sp³-hybridized carbons (Fsp3) is 0.471. The van der Waals surface area contributed by atoms with Crippen molar-refractivity contribution in [3.05, 3.63) is 47.8 Å². The highest BCUT2D eigenvalue weighted by Crippen LogP contribution is 2.23. The largest absolute Gasteiger partial charge is 0.347 e. The van der Waals surface area contributed by atoms with Crippen LogP contribution in [-0.2, 0) is 23.3 Å². The van der Waals surface area contributed by atoms with Crippen LogP contribution in [0.2, 0.25) is 0 Å². The number of nitrogens with zero attached hydrogens (tertiary/aromatic N) is 5. The molecule has 1 saturated heterocycles. The molecule has 1 aliphatic rings. The lowest BCUT2D eigenvalue weighted by Crippen LogP contribution is -2.44. The van der Waals surface area contributed by atoms with Crippen LogP contribution in [0.1, 0.15) is 28.9 Å². The average molecular weight is 392 g/mol. The highest BCUT2D eigenvalue weighted by Gasteiger charge is 2.35. The van der Waals surface area contributed by atoms with Crippen LogP contribution in [0.4, 0.5) is 0 Å². The van der Waals surface area contributed by atoms with Crippen molar-refractivity contribution in [3.8, 4) is 0 Å². The van der Waals surface area contributed by atoms with Crippen molar-refractivity contribution in [2.24, 2.45) is 0 Å². The third-order valence-electron chi connectivity index (χ3n) is 4.55. The van der Waals surface area contributed by atoms with Crippen LogP contribution in [0.3, 0.4) is 0 Å². The highest BCUT2D eigenvalue weighted by molar-refractivity contribution is 7.86. The minimum Gasteiger partial charge on any atom is -0.347 e. The summed E-state index contributed by atoms with van der Waals surface area (Å²) >= 11 is 0. The van der Waals surface area contributed by atoms with E-state index in [1.165, 1.54) is 27.4 Å². The standard InChI is InChI=1S/C17H24N6O3S/c1-21(2)27(25,26)23-10-6-9-15(23)12-22-13-16(19-20-22)17(24)18-11-14-7-4-3-5-8-14/h3-5,7-8,13,15H,6,9-12H2,1-2H3,(H,18,24)/t15-/m0/s1. The van der Waals surface area contributed by atoms with Crippen LogP contribution < -0.4 is 5.32 Å². The van der Waals surface area contributed by atoms with Crippen LogP contribution in [0.5, 0.6) is 0 Å². The fourth-order valence-electron chi connectivity index (χ4n) is 3.08. The van der Waals surface area contributed by atoms with Gasteiger partial charge >= 0.3 is 0 Å². The normalized spacial score (nSPS) is 18.1. The molecule has 2 aromatic rings. The Labute approximate surface area is 159 Å². The van der Waals surface area contributed by atoms with Crippen molar-refractivity contribution in [3.63, 3.8) is 0 Å². The van der Waals surface area contributed by atoms with E-state index in [-0.39, 0.29) is 17.6 Å². The van der Waals surface area contributed by atoms with E-state index in [9.17, 15) is 13.2 Å². The zero-order chi connectivity index (χ0) is 19.4. The number of benzene rings is 1. The predicted octanol–water partition coefficient (Wildman–Crippen LogP) is 0.479. The Morgan fingerprint density at radius 1 is 1.30 bits per heavy atom. The lowest BCUT2D eigenvalue weighted by molar-refractivity contribution is 0.0945. The number of amides is 1. The van der Waals surface area contributed by atoms with Crippen molar-refractivity contribution in [2.75, 3.05) is 20.6 Å². The third kappa shape index (κ3) is 4.52. The number of aromatic nitrogens is 3. The van der Waals surface area contributed by atoms with Gasteiger partial charge in [0.2, 0.25) is 0 Å². The van der Waals surface area contributed by atoms with E-state index in [1.54, 1.807) is 6.20 Å². The Balaban J connectivity index is 1.61. The molecule has 0 radical (unpaired) electrons. The zero-order valence-electron chi connectivity index (χ0n) is 15.4. The molecule has 1 aromatic heterocycles. The summed E-state index contributed by atoms with van der Waals surface area (Å²) in [6.45, 7) is 1.26. The first-order valence-corrected chi connectivity index (χ1v) is 10.2. The van der Waals surface area contributed by atoms with E-state index < -0.39 is 10.2 Å². The molecule has 1 N–H and O–H groups in total. The summed E-state index contributed by atoms with van der Waals surface area (Å²) in [5.74, 6) is -0.311. The number of rotatable bonds is 7. The van der Waals surface area contributed by atoms with Crippen LogP contribution in [0.25, 0.3) is 0 Å². The molecule has 0 spiro atoms. The van der Waals surface area contributed by atoms with Crippen LogP contribution >= 0.6 is 0 Å². The molecule has 9 nitrogen and oxygen atoms in total. The smallest absolute Gasteiger partial charge is 0.281 e. The molecular weight excluding hydrogens is 368 g/mol. The molecule has 1 aliphatic heterocycles. The van der Waals surface area contributed by atoms with Crippen molar-refractivity contribution in [1.29, 1.82) is 0 Å². The van der Waals surface area contributed by atoms with Crippen molar-refractivity contribution < 1.29 is 13.2 Å². The molecule has 10 heteroatoms. The molecule has 2 heterocycles. The maximum absolute atomic E-state index is 12.4. The Morgan fingerprint density at radius 3 is 2.74 bits per heavy atom. The fourth-order valence-corrected chi connectivity index (χ4v) is 4.41. The SMILES string of the molecule is CN(C)S(=O)(=O)N1CCC[C@H]1Cn1cc(C(=O)NCc2ccccc2)nn1. The number of hydrogen-bond acceptors (Lipinski definition) is 5. The second kappa shape index (κ2) is 8.15. The summed E-state index contributed by atoms with van der Waals surface area (Å²) in [5, 5.41) is 10.7. The van der Waals surface area contributed by atoms with Crippen molar-refractivity contribution in [1.82, 2.24) is 28.9 Å². The minimum atomic E-state index is -3.47. The summed E-state index contributed by atoms with van der Waals surface area (Å²) < 4.78 is 29.1. The Morgan fingerprint density at radius 2 is 2.04 bits per heavy atom. The molecule has 27 heavy (non-hydrogen) atoms.